The van der Waals surface area contributed by atoms with Crippen LogP contribution in [0.15, 0.2) is 6.07 Å². The third kappa shape index (κ3) is 3.10. The SMILES string of the molecule is CCCCCCOc1nc(N)nc2sc(C)cc12. The van der Waals surface area contributed by atoms with Crippen LogP contribution < -0.4 is 10.5 Å². The lowest BCUT2D eigenvalue weighted by Gasteiger charge is -2.06. The zero-order valence-corrected chi connectivity index (χ0v) is 11.7. The first-order valence-electron chi connectivity index (χ1n) is 6.37. The molecule has 2 aromatic heterocycles. The van der Waals surface area contributed by atoms with Crippen LogP contribution >= 0.6 is 11.3 Å². The molecule has 0 aromatic carbocycles. The van der Waals surface area contributed by atoms with E-state index in [4.69, 9.17) is 10.5 Å². The molecule has 18 heavy (non-hydrogen) atoms. The van der Waals surface area contributed by atoms with Gasteiger partial charge in [-0.2, -0.15) is 4.98 Å². The Hall–Kier alpha value is -1.36. The molecule has 4 nitrogen and oxygen atoms in total. The number of ether oxygens (including phenoxy) is 1. The van der Waals surface area contributed by atoms with E-state index >= 15 is 0 Å². The van der Waals surface area contributed by atoms with Gasteiger partial charge in [-0.25, -0.2) is 4.98 Å². The van der Waals surface area contributed by atoms with Gasteiger partial charge in [0.05, 0.1) is 12.0 Å². The van der Waals surface area contributed by atoms with E-state index in [1.54, 1.807) is 11.3 Å². The quantitative estimate of drug-likeness (QED) is 0.811. The van der Waals surface area contributed by atoms with Gasteiger partial charge >= 0.3 is 0 Å². The number of hydrogen-bond donors (Lipinski definition) is 1. The number of nitrogens with zero attached hydrogens (tertiary/aromatic N) is 2. The first-order valence-corrected chi connectivity index (χ1v) is 7.19. The van der Waals surface area contributed by atoms with Crippen LogP contribution in [0.25, 0.3) is 10.2 Å². The normalized spacial score (nSPS) is 11.0. The van der Waals surface area contributed by atoms with Crippen molar-refractivity contribution in [2.45, 2.75) is 39.5 Å². The standard InChI is InChI=1S/C13H19N3OS/c1-3-4-5-6-7-17-11-10-8-9(2)18-12(10)16-13(14)15-11/h8H,3-7H2,1-2H3,(H2,14,15,16). The minimum Gasteiger partial charge on any atom is -0.477 e. The van der Waals surface area contributed by atoms with Gasteiger partial charge in [-0.3, -0.25) is 0 Å². The highest BCUT2D eigenvalue weighted by Crippen LogP contribution is 2.30. The third-order valence-corrected chi connectivity index (χ3v) is 3.68. The number of hydrogen-bond acceptors (Lipinski definition) is 5. The largest absolute Gasteiger partial charge is 0.477 e. The Labute approximate surface area is 111 Å². The maximum atomic E-state index is 5.74. The van der Waals surface area contributed by atoms with Crippen LogP contribution in [0.2, 0.25) is 0 Å². The van der Waals surface area contributed by atoms with Crippen molar-refractivity contribution < 1.29 is 4.74 Å². The number of nitrogen functional groups attached to an aromatic ring is 1. The minimum absolute atomic E-state index is 0.285. The van der Waals surface area contributed by atoms with Crippen molar-refractivity contribution >= 4 is 27.5 Å². The summed E-state index contributed by atoms with van der Waals surface area (Å²) in [5.74, 6) is 0.909. The summed E-state index contributed by atoms with van der Waals surface area (Å²) in [5, 5.41) is 0.974. The average molecular weight is 265 g/mol. The Morgan fingerprint density at radius 1 is 1.28 bits per heavy atom. The number of unbranched alkanes of at least 4 members (excludes halogenated alkanes) is 3. The summed E-state index contributed by atoms with van der Waals surface area (Å²) in [6.45, 7) is 4.94. The molecule has 2 N–H and O–H groups in total. The molecule has 0 amide bonds. The Kier molecular flexibility index (Phi) is 4.36. The molecule has 2 aromatic rings. The summed E-state index contributed by atoms with van der Waals surface area (Å²) < 4.78 is 5.74. The lowest BCUT2D eigenvalue weighted by atomic mass is 10.2. The van der Waals surface area contributed by atoms with Gasteiger partial charge in [0, 0.05) is 4.88 Å². The molecule has 98 valence electrons. The summed E-state index contributed by atoms with van der Waals surface area (Å²) in [4.78, 5) is 10.5. The van der Waals surface area contributed by atoms with Gasteiger partial charge in [-0.05, 0) is 19.4 Å². The fraction of sp³-hybridized carbons (Fsp3) is 0.538. The summed E-state index contributed by atoms with van der Waals surface area (Å²) in [5.41, 5.74) is 5.69. The van der Waals surface area contributed by atoms with Crippen molar-refractivity contribution in [2.75, 3.05) is 12.3 Å². The average Bonchev–Trinajstić information content (AvgIpc) is 2.69. The zero-order valence-electron chi connectivity index (χ0n) is 10.9. The van der Waals surface area contributed by atoms with E-state index in [9.17, 15) is 0 Å². The predicted molar refractivity (Wildman–Crippen MR) is 76.2 cm³/mol. The Balaban J connectivity index is 2.07. The second kappa shape index (κ2) is 6.00. The van der Waals surface area contributed by atoms with Gasteiger partial charge in [-0.1, -0.05) is 26.2 Å². The topological polar surface area (TPSA) is 61.0 Å². The molecule has 0 saturated carbocycles. The van der Waals surface area contributed by atoms with Crippen molar-refractivity contribution in [2.24, 2.45) is 0 Å². The molecule has 0 fully saturated rings. The molecule has 2 rings (SSSR count). The highest BCUT2D eigenvalue weighted by atomic mass is 32.1. The molecule has 0 aliphatic heterocycles. The smallest absolute Gasteiger partial charge is 0.227 e. The van der Waals surface area contributed by atoms with Gasteiger partial charge in [0.1, 0.15) is 4.83 Å². The maximum absolute atomic E-state index is 5.74. The number of thiophene rings is 1. The number of fused-ring (bicyclic) bond motifs is 1. The van der Waals surface area contributed by atoms with E-state index in [-0.39, 0.29) is 5.95 Å². The molecule has 0 radical (unpaired) electrons. The molecule has 0 aliphatic carbocycles. The van der Waals surface area contributed by atoms with Gasteiger partial charge in [-0.15, -0.1) is 11.3 Å². The van der Waals surface area contributed by atoms with Gasteiger partial charge < -0.3 is 10.5 Å². The summed E-state index contributed by atoms with van der Waals surface area (Å²) >= 11 is 1.62. The molecule has 0 spiro atoms. The zero-order chi connectivity index (χ0) is 13.0. The minimum atomic E-state index is 0.285. The van der Waals surface area contributed by atoms with E-state index in [1.807, 2.05) is 6.92 Å². The van der Waals surface area contributed by atoms with Crippen LogP contribution in [-0.2, 0) is 0 Å². The van der Waals surface area contributed by atoms with E-state index in [1.165, 1.54) is 24.1 Å². The van der Waals surface area contributed by atoms with Crippen LogP contribution in [-0.4, -0.2) is 16.6 Å². The van der Waals surface area contributed by atoms with Crippen LogP contribution in [0.4, 0.5) is 5.95 Å². The lowest BCUT2D eigenvalue weighted by molar-refractivity contribution is 0.298. The first-order chi connectivity index (χ1) is 8.70. The van der Waals surface area contributed by atoms with E-state index in [0.717, 1.165) is 16.6 Å². The second-order valence-electron chi connectivity index (χ2n) is 4.37. The van der Waals surface area contributed by atoms with Crippen LogP contribution in [0.1, 0.15) is 37.5 Å². The number of aryl methyl sites for hydroxylation is 1. The van der Waals surface area contributed by atoms with E-state index in [2.05, 4.69) is 23.0 Å². The van der Waals surface area contributed by atoms with Crippen molar-refractivity contribution in [1.29, 1.82) is 0 Å². The predicted octanol–water partition coefficient (Wildman–Crippen LogP) is 3.54. The number of rotatable bonds is 6. The Morgan fingerprint density at radius 2 is 2.11 bits per heavy atom. The van der Waals surface area contributed by atoms with Crippen molar-refractivity contribution in [3.05, 3.63) is 10.9 Å². The molecule has 0 saturated heterocycles. The highest BCUT2D eigenvalue weighted by Gasteiger charge is 2.10. The van der Waals surface area contributed by atoms with Gasteiger partial charge in [0.15, 0.2) is 0 Å². The second-order valence-corrected chi connectivity index (χ2v) is 5.61. The Bertz CT molecular complexity index is 524. The molecular weight excluding hydrogens is 246 g/mol. The summed E-state index contributed by atoms with van der Waals surface area (Å²) in [6.07, 6.45) is 4.74. The summed E-state index contributed by atoms with van der Waals surface area (Å²) in [6, 6.07) is 2.06. The van der Waals surface area contributed by atoms with Crippen LogP contribution in [0, 0.1) is 6.92 Å². The molecular formula is C13H19N3OS. The molecule has 0 aliphatic rings. The molecule has 2 heterocycles. The fourth-order valence-corrected chi connectivity index (χ4v) is 2.72. The van der Waals surface area contributed by atoms with Crippen LogP contribution in [0.3, 0.4) is 0 Å². The van der Waals surface area contributed by atoms with Gasteiger partial charge in [0.2, 0.25) is 11.8 Å². The molecule has 0 bridgehead atoms. The molecule has 0 atom stereocenters. The monoisotopic (exact) mass is 265 g/mol. The van der Waals surface area contributed by atoms with E-state index in [0.29, 0.717) is 12.5 Å². The maximum Gasteiger partial charge on any atom is 0.227 e. The van der Waals surface area contributed by atoms with Crippen LogP contribution in [0.5, 0.6) is 5.88 Å². The van der Waals surface area contributed by atoms with E-state index < -0.39 is 0 Å². The van der Waals surface area contributed by atoms with Crippen molar-refractivity contribution in [3.63, 3.8) is 0 Å². The van der Waals surface area contributed by atoms with Crippen molar-refractivity contribution in [3.8, 4) is 5.88 Å². The molecule has 0 unspecified atom stereocenters. The third-order valence-electron chi connectivity index (χ3n) is 2.73. The number of anilines is 1. The Morgan fingerprint density at radius 3 is 2.89 bits per heavy atom. The first kappa shape index (κ1) is 13.1. The van der Waals surface area contributed by atoms with Crippen molar-refractivity contribution in [1.82, 2.24) is 9.97 Å². The lowest BCUT2D eigenvalue weighted by Crippen LogP contribution is -2.02. The highest BCUT2D eigenvalue weighted by molar-refractivity contribution is 7.18. The fourth-order valence-electron chi connectivity index (χ4n) is 1.84. The molecule has 5 heteroatoms. The number of aromatic nitrogens is 2. The summed E-state index contributed by atoms with van der Waals surface area (Å²) in [7, 11) is 0. The van der Waals surface area contributed by atoms with Gasteiger partial charge in [0.25, 0.3) is 0 Å². The number of nitrogens with two attached hydrogens (primary N) is 1.